The van der Waals surface area contributed by atoms with Gasteiger partial charge < -0.3 is 10.4 Å². The van der Waals surface area contributed by atoms with Crippen LogP contribution in [-0.4, -0.2) is 17.0 Å². The van der Waals surface area contributed by atoms with Crippen molar-refractivity contribution in [1.82, 2.24) is 0 Å². The topological polar surface area (TPSA) is 66.4 Å². The molecule has 2 rings (SSSR count). The van der Waals surface area contributed by atoms with E-state index in [1.807, 2.05) is 0 Å². The molecule has 0 radical (unpaired) electrons. The van der Waals surface area contributed by atoms with Crippen LogP contribution in [0.1, 0.15) is 20.0 Å². The number of amides is 1. The summed E-state index contributed by atoms with van der Waals surface area (Å²) in [6.07, 6.45) is 0. The van der Waals surface area contributed by atoms with Crippen molar-refractivity contribution in [3.8, 4) is 0 Å². The van der Waals surface area contributed by atoms with Gasteiger partial charge >= 0.3 is 5.97 Å². The molecule has 0 bridgehead atoms. The number of benzene rings is 1. The van der Waals surface area contributed by atoms with Gasteiger partial charge in [-0.15, -0.1) is 11.3 Å². The summed E-state index contributed by atoms with van der Waals surface area (Å²) >= 11 is 11.1. The fourth-order valence-corrected chi connectivity index (χ4v) is 3.86. The second kappa shape index (κ2) is 6.38. The van der Waals surface area contributed by atoms with Gasteiger partial charge in [-0.25, -0.2) is 4.79 Å². The molecular weight excluding hydrogens is 478 g/mol. The Bertz CT molecular complexity index is 680. The Balaban J connectivity index is 2.25. The molecule has 0 atom stereocenters. The molecule has 0 aliphatic heterocycles. The summed E-state index contributed by atoms with van der Waals surface area (Å²) in [5.74, 6) is -1.35. The van der Waals surface area contributed by atoms with Crippen LogP contribution in [0.4, 0.5) is 5.69 Å². The van der Waals surface area contributed by atoms with E-state index in [0.29, 0.717) is 15.0 Å². The normalized spacial score (nSPS) is 10.3. The van der Waals surface area contributed by atoms with E-state index in [2.05, 4.69) is 53.1 Å². The second-order valence-corrected chi connectivity index (χ2v) is 7.86. The first kappa shape index (κ1) is 15.7. The van der Waals surface area contributed by atoms with Gasteiger partial charge in [0.25, 0.3) is 5.91 Å². The Hall–Kier alpha value is -0.700. The van der Waals surface area contributed by atoms with Crippen LogP contribution >= 0.6 is 59.1 Å². The second-order valence-electron chi connectivity index (χ2n) is 3.72. The van der Waals surface area contributed by atoms with Crippen molar-refractivity contribution in [2.24, 2.45) is 0 Å². The minimum Gasteiger partial charge on any atom is -0.478 e. The van der Waals surface area contributed by atoms with E-state index < -0.39 is 5.97 Å². The van der Waals surface area contributed by atoms with Crippen LogP contribution in [0, 0.1) is 0 Å². The highest BCUT2D eigenvalue weighted by molar-refractivity contribution is 9.13. The smallest absolute Gasteiger partial charge is 0.335 e. The van der Waals surface area contributed by atoms with Gasteiger partial charge in [-0.05, 0) is 56.1 Å². The van der Waals surface area contributed by atoms with Crippen LogP contribution in [0.3, 0.4) is 0 Å². The number of anilines is 1. The lowest BCUT2D eigenvalue weighted by Gasteiger charge is -2.05. The average molecular weight is 484 g/mol. The third kappa shape index (κ3) is 3.69. The summed E-state index contributed by atoms with van der Waals surface area (Å²) in [5, 5.41) is 11.7. The molecule has 104 valence electrons. The number of carbonyl (C=O) groups excluding carboxylic acids is 1. The Kier molecular flexibility index (Phi) is 5.00. The predicted octanol–water partition coefficient (Wildman–Crippen LogP) is 4.99. The monoisotopic (exact) mass is 481 g/mol. The standard InChI is InChI=1S/C12H6Br3NO3S/c13-6-1-5(12(18)19)2-7(3-6)16-11(17)9-4-8(14)10(15)20-9/h1-4H,(H,16,17)(H,18,19). The van der Waals surface area contributed by atoms with E-state index in [1.54, 1.807) is 12.1 Å². The molecule has 1 aromatic heterocycles. The zero-order chi connectivity index (χ0) is 14.9. The first-order valence-corrected chi connectivity index (χ1v) is 8.36. The highest BCUT2D eigenvalue weighted by Gasteiger charge is 2.13. The summed E-state index contributed by atoms with van der Waals surface area (Å²) in [4.78, 5) is 23.5. The molecule has 1 aromatic carbocycles. The van der Waals surface area contributed by atoms with Crippen molar-refractivity contribution in [3.05, 3.63) is 47.4 Å². The molecule has 0 saturated carbocycles. The molecule has 20 heavy (non-hydrogen) atoms. The van der Waals surface area contributed by atoms with Crippen LogP contribution in [0.15, 0.2) is 37.0 Å². The van der Waals surface area contributed by atoms with Gasteiger partial charge in [-0.1, -0.05) is 15.9 Å². The molecule has 0 unspecified atom stereocenters. The number of hydrogen-bond donors (Lipinski definition) is 2. The van der Waals surface area contributed by atoms with Crippen LogP contribution in [0.5, 0.6) is 0 Å². The number of nitrogens with one attached hydrogen (secondary N) is 1. The SMILES string of the molecule is O=C(O)c1cc(Br)cc(NC(=O)c2cc(Br)c(Br)s2)c1. The fraction of sp³-hybridized carbons (Fsp3) is 0. The third-order valence-electron chi connectivity index (χ3n) is 2.27. The number of thiophene rings is 1. The van der Waals surface area contributed by atoms with Crippen molar-refractivity contribution < 1.29 is 14.7 Å². The highest BCUT2D eigenvalue weighted by atomic mass is 79.9. The first-order valence-electron chi connectivity index (χ1n) is 5.17. The predicted molar refractivity (Wildman–Crippen MR) is 88.8 cm³/mol. The molecule has 0 aliphatic carbocycles. The van der Waals surface area contributed by atoms with E-state index in [4.69, 9.17) is 5.11 Å². The van der Waals surface area contributed by atoms with Crippen LogP contribution in [0.2, 0.25) is 0 Å². The van der Waals surface area contributed by atoms with Gasteiger partial charge in [0.15, 0.2) is 0 Å². The highest BCUT2D eigenvalue weighted by Crippen LogP contribution is 2.32. The lowest BCUT2D eigenvalue weighted by Crippen LogP contribution is -2.11. The summed E-state index contributed by atoms with van der Waals surface area (Å²) < 4.78 is 2.21. The summed E-state index contributed by atoms with van der Waals surface area (Å²) in [7, 11) is 0. The molecular formula is C12H6Br3NO3S. The molecule has 1 amide bonds. The number of aromatic carboxylic acids is 1. The molecule has 1 heterocycles. The maximum absolute atomic E-state index is 12.1. The average Bonchev–Trinajstić information content (AvgIpc) is 2.69. The Morgan fingerprint density at radius 1 is 1.10 bits per heavy atom. The van der Waals surface area contributed by atoms with Crippen molar-refractivity contribution in [3.63, 3.8) is 0 Å². The Labute approximate surface area is 143 Å². The van der Waals surface area contributed by atoms with Crippen LogP contribution in [-0.2, 0) is 0 Å². The van der Waals surface area contributed by atoms with Gasteiger partial charge in [0.1, 0.15) is 0 Å². The van der Waals surface area contributed by atoms with Gasteiger partial charge in [-0.2, -0.15) is 0 Å². The summed E-state index contributed by atoms with van der Waals surface area (Å²) in [6, 6.07) is 6.21. The minimum atomic E-state index is -1.05. The van der Waals surface area contributed by atoms with Crippen LogP contribution in [0.25, 0.3) is 0 Å². The quantitative estimate of drug-likeness (QED) is 0.646. The van der Waals surface area contributed by atoms with Crippen molar-refractivity contribution in [2.75, 3.05) is 5.32 Å². The molecule has 0 spiro atoms. The van der Waals surface area contributed by atoms with Crippen molar-refractivity contribution in [2.45, 2.75) is 0 Å². The first-order chi connectivity index (χ1) is 9.36. The molecule has 8 heteroatoms. The maximum Gasteiger partial charge on any atom is 0.335 e. The lowest BCUT2D eigenvalue weighted by molar-refractivity contribution is 0.0696. The molecule has 2 N–H and O–H groups in total. The number of rotatable bonds is 3. The van der Waals surface area contributed by atoms with E-state index in [9.17, 15) is 9.59 Å². The molecule has 0 fully saturated rings. The van der Waals surface area contributed by atoms with E-state index in [1.165, 1.54) is 23.5 Å². The number of carboxylic acid groups (broad SMARTS) is 1. The van der Waals surface area contributed by atoms with Crippen LogP contribution < -0.4 is 5.32 Å². The molecule has 2 aromatic rings. The Morgan fingerprint density at radius 3 is 2.35 bits per heavy atom. The summed E-state index contributed by atoms with van der Waals surface area (Å²) in [6.45, 7) is 0. The third-order valence-corrected chi connectivity index (χ3v) is 5.98. The number of carbonyl (C=O) groups is 2. The number of carboxylic acids is 1. The van der Waals surface area contributed by atoms with E-state index in [-0.39, 0.29) is 11.5 Å². The van der Waals surface area contributed by atoms with Gasteiger partial charge in [0, 0.05) is 14.6 Å². The number of halogens is 3. The lowest BCUT2D eigenvalue weighted by atomic mass is 10.2. The van der Waals surface area contributed by atoms with Crippen molar-refractivity contribution in [1.29, 1.82) is 0 Å². The summed E-state index contributed by atoms with van der Waals surface area (Å²) in [5.41, 5.74) is 0.519. The van der Waals surface area contributed by atoms with Gasteiger partial charge in [0.05, 0.1) is 14.2 Å². The zero-order valence-corrected chi connectivity index (χ0v) is 15.2. The zero-order valence-electron chi connectivity index (χ0n) is 9.62. The Morgan fingerprint density at radius 2 is 1.80 bits per heavy atom. The van der Waals surface area contributed by atoms with Crippen molar-refractivity contribution >= 4 is 76.7 Å². The molecule has 4 nitrogen and oxygen atoms in total. The van der Waals surface area contributed by atoms with E-state index >= 15 is 0 Å². The fourth-order valence-electron chi connectivity index (χ4n) is 1.44. The largest absolute Gasteiger partial charge is 0.478 e. The van der Waals surface area contributed by atoms with Gasteiger partial charge in [-0.3, -0.25) is 4.79 Å². The van der Waals surface area contributed by atoms with E-state index in [0.717, 1.165) is 8.26 Å². The minimum absolute atomic E-state index is 0.100. The number of hydrogen-bond acceptors (Lipinski definition) is 3. The molecule has 0 saturated heterocycles. The van der Waals surface area contributed by atoms with Gasteiger partial charge in [0.2, 0.25) is 0 Å². The molecule has 0 aliphatic rings. The maximum atomic E-state index is 12.1.